The van der Waals surface area contributed by atoms with Crippen molar-refractivity contribution in [1.29, 1.82) is 0 Å². The summed E-state index contributed by atoms with van der Waals surface area (Å²) in [6.07, 6.45) is 0.975. The minimum atomic E-state index is -0.873. The van der Waals surface area contributed by atoms with Crippen molar-refractivity contribution in [3.63, 3.8) is 0 Å². The van der Waals surface area contributed by atoms with Crippen LogP contribution >= 0.6 is 15.9 Å². The third-order valence-electron chi connectivity index (χ3n) is 3.59. The van der Waals surface area contributed by atoms with Gasteiger partial charge in [0.2, 0.25) is 0 Å². The van der Waals surface area contributed by atoms with E-state index in [1.54, 1.807) is 12.1 Å². The molecule has 0 unspecified atom stereocenters. The molecule has 0 saturated heterocycles. The van der Waals surface area contributed by atoms with Crippen molar-refractivity contribution in [3.8, 4) is 0 Å². The Hall–Kier alpha value is -1.81. The van der Waals surface area contributed by atoms with Gasteiger partial charge < -0.3 is 10.0 Å². The molecular weight excluding hydrogens is 318 g/mol. The summed E-state index contributed by atoms with van der Waals surface area (Å²) in [6, 6.07) is 13.6. The second-order valence-electron chi connectivity index (χ2n) is 4.95. The fourth-order valence-electron chi connectivity index (χ4n) is 2.60. The normalized spacial score (nSPS) is 13.3. The van der Waals surface area contributed by atoms with Gasteiger partial charge in [0, 0.05) is 23.2 Å². The molecule has 1 heterocycles. The van der Waals surface area contributed by atoms with Gasteiger partial charge in [-0.3, -0.25) is 0 Å². The van der Waals surface area contributed by atoms with Crippen molar-refractivity contribution in [3.05, 3.63) is 63.6 Å². The Balaban J connectivity index is 1.88. The quantitative estimate of drug-likeness (QED) is 0.931. The number of carboxylic acids is 1. The lowest BCUT2D eigenvalue weighted by molar-refractivity contribution is 0.0697. The van der Waals surface area contributed by atoms with Crippen LogP contribution in [0.2, 0.25) is 0 Å². The highest BCUT2D eigenvalue weighted by Crippen LogP contribution is 2.30. The number of aromatic carboxylic acids is 1. The molecule has 0 saturated carbocycles. The van der Waals surface area contributed by atoms with Crippen LogP contribution in [0.4, 0.5) is 5.69 Å². The van der Waals surface area contributed by atoms with Crippen molar-refractivity contribution < 1.29 is 9.90 Å². The lowest BCUT2D eigenvalue weighted by Crippen LogP contribution is -2.19. The number of carbonyl (C=O) groups is 1. The number of hydrogen-bond acceptors (Lipinski definition) is 2. The fourth-order valence-corrected chi connectivity index (χ4v) is 3.05. The van der Waals surface area contributed by atoms with Gasteiger partial charge in [-0.1, -0.05) is 34.1 Å². The van der Waals surface area contributed by atoms with Crippen molar-refractivity contribution in [2.75, 3.05) is 11.4 Å². The van der Waals surface area contributed by atoms with Crippen LogP contribution in [0.1, 0.15) is 21.5 Å². The molecule has 4 heteroatoms. The molecule has 20 heavy (non-hydrogen) atoms. The van der Waals surface area contributed by atoms with E-state index in [0.29, 0.717) is 5.56 Å². The van der Waals surface area contributed by atoms with Gasteiger partial charge in [0.15, 0.2) is 0 Å². The molecular formula is C16H14BrNO2. The number of fused-ring (bicyclic) bond motifs is 1. The van der Waals surface area contributed by atoms with Crippen LogP contribution in [0.5, 0.6) is 0 Å². The van der Waals surface area contributed by atoms with Crippen LogP contribution in [-0.4, -0.2) is 17.6 Å². The van der Waals surface area contributed by atoms with E-state index in [9.17, 15) is 4.79 Å². The van der Waals surface area contributed by atoms with Crippen molar-refractivity contribution in [2.24, 2.45) is 0 Å². The highest BCUT2D eigenvalue weighted by molar-refractivity contribution is 9.10. The molecule has 0 atom stereocenters. The molecule has 0 radical (unpaired) electrons. The van der Waals surface area contributed by atoms with Crippen LogP contribution in [0.3, 0.4) is 0 Å². The fraction of sp³-hybridized carbons (Fsp3) is 0.188. The van der Waals surface area contributed by atoms with E-state index in [1.807, 2.05) is 18.2 Å². The summed E-state index contributed by atoms with van der Waals surface area (Å²) >= 11 is 3.48. The molecule has 0 fully saturated rings. The number of benzene rings is 2. The van der Waals surface area contributed by atoms with Gasteiger partial charge in [0.05, 0.1) is 5.56 Å². The molecule has 1 aliphatic heterocycles. The standard InChI is InChI=1S/C16H14BrNO2/c17-14-3-1-2-11(8-14)10-18-7-6-12-4-5-13(16(19)20)9-15(12)18/h1-5,8-9H,6-7,10H2,(H,19,20). The first kappa shape index (κ1) is 13.2. The molecule has 0 bridgehead atoms. The molecule has 0 aromatic heterocycles. The molecule has 2 aromatic rings. The zero-order valence-electron chi connectivity index (χ0n) is 10.8. The maximum absolute atomic E-state index is 11.1. The van der Waals surface area contributed by atoms with Gasteiger partial charge in [-0.05, 0) is 41.8 Å². The third-order valence-corrected chi connectivity index (χ3v) is 4.08. The molecule has 102 valence electrons. The number of carboxylic acid groups (broad SMARTS) is 1. The maximum Gasteiger partial charge on any atom is 0.335 e. The number of rotatable bonds is 3. The SMILES string of the molecule is O=C(O)c1ccc2c(c1)N(Cc1cccc(Br)c1)CC2. The summed E-state index contributed by atoms with van der Waals surface area (Å²) in [5, 5.41) is 9.10. The first-order valence-electron chi connectivity index (χ1n) is 6.49. The van der Waals surface area contributed by atoms with Crippen LogP contribution in [0.15, 0.2) is 46.9 Å². The summed E-state index contributed by atoms with van der Waals surface area (Å²) in [7, 11) is 0. The zero-order chi connectivity index (χ0) is 14.1. The highest BCUT2D eigenvalue weighted by atomic mass is 79.9. The van der Waals surface area contributed by atoms with E-state index in [1.165, 1.54) is 11.1 Å². The van der Waals surface area contributed by atoms with E-state index in [2.05, 4.69) is 33.0 Å². The first-order valence-corrected chi connectivity index (χ1v) is 7.28. The lowest BCUT2D eigenvalue weighted by Gasteiger charge is -2.20. The Bertz CT molecular complexity index is 669. The largest absolute Gasteiger partial charge is 0.478 e. The van der Waals surface area contributed by atoms with Crippen LogP contribution in [0.25, 0.3) is 0 Å². The van der Waals surface area contributed by atoms with E-state index in [0.717, 1.165) is 29.7 Å². The van der Waals surface area contributed by atoms with E-state index in [-0.39, 0.29) is 0 Å². The van der Waals surface area contributed by atoms with Crippen molar-refractivity contribution in [1.82, 2.24) is 0 Å². The molecule has 0 spiro atoms. The van der Waals surface area contributed by atoms with Gasteiger partial charge in [-0.2, -0.15) is 0 Å². The van der Waals surface area contributed by atoms with E-state index >= 15 is 0 Å². The van der Waals surface area contributed by atoms with Crippen molar-refractivity contribution in [2.45, 2.75) is 13.0 Å². The second kappa shape index (κ2) is 5.29. The van der Waals surface area contributed by atoms with Gasteiger partial charge >= 0.3 is 5.97 Å². The topological polar surface area (TPSA) is 40.5 Å². The van der Waals surface area contributed by atoms with Crippen LogP contribution < -0.4 is 4.90 Å². The lowest BCUT2D eigenvalue weighted by atomic mass is 10.1. The smallest absolute Gasteiger partial charge is 0.335 e. The van der Waals surface area contributed by atoms with E-state index in [4.69, 9.17) is 5.11 Å². The number of anilines is 1. The Morgan fingerprint density at radius 1 is 1.25 bits per heavy atom. The first-order chi connectivity index (χ1) is 9.63. The Morgan fingerprint density at radius 3 is 2.85 bits per heavy atom. The Labute approximate surface area is 126 Å². The van der Waals surface area contributed by atoms with Crippen LogP contribution in [0, 0.1) is 0 Å². The van der Waals surface area contributed by atoms with Gasteiger partial charge in [0.25, 0.3) is 0 Å². The maximum atomic E-state index is 11.1. The number of hydrogen-bond donors (Lipinski definition) is 1. The second-order valence-corrected chi connectivity index (χ2v) is 5.87. The summed E-state index contributed by atoms with van der Waals surface area (Å²) < 4.78 is 1.06. The van der Waals surface area contributed by atoms with Gasteiger partial charge in [-0.25, -0.2) is 4.79 Å². The molecule has 3 rings (SSSR count). The number of halogens is 1. The summed E-state index contributed by atoms with van der Waals surface area (Å²) in [5.74, 6) is -0.873. The third kappa shape index (κ3) is 2.56. The Morgan fingerprint density at radius 2 is 2.10 bits per heavy atom. The van der Waals surface area contributed by atoms with Crippen LogP contribution in [-0.2, 0) is 13.0 Å². The molecule has 2 aromatic carbocycles. The summed E-state index contributed by atoms with van der Waals surface area (Å²) in [6.45, 7) is 1.74. The molecule has 1 aliphatic rings. The minimum absolute atomic E-state index is 0.352. The predicted molar refractivity (Wildman–Crippen MR) is 82.3 cm³/mol. The van der Waals surface area contributed by atoms with E-state index < -0.39 is 5.97 Å². The summed E-state index contributed by atoms with van der Waals surface area (Å²) in [5.41, 5.74) is 3.84. The van der Waals surface area contributed by atoms with Gasteiger partial charge in [0.1, 0.15) is 0 Å². The molecule has 0 amide bonds. The average molecular weight is 332 g/mol. The Kier molecular flexibility index (Phi) is 3.49. The predicted octanol–water partition coefficient (Wildman–Crippen LogP) is 3.71. The zero-order valence-corrected chi connectivity index (χ0v) is 12.4. The van der Waals surface area contributed by atoms with Gasteiger partial charge in [-0.15, -0.1) is 0 Å². The monoisotopic (exact) mass is 331 g/mol. The molecule has 0 aliphatic carbocycles. The average Bonchev–Trinajstić information content (AvgIpc) is 2.81. The highest BCUT2D eigenvalue weighted by Gasteiger charge is 2.20. The molecule has 3 nitrogen and oxygen atoms in total. The minimum Gasteiger partial charge on any atom is -0.478 e. The van der Waals surface area contributed by atoms with Crippen molar-refractivity contribution >= 4 is 27.6 Å². The summed E-state index contributed by atoms with van der Waals surface area (Å²) in [4.78, 5) is 13.3. The number of nitrogens with zero attached hydrogens (tertiary/aromatic N) is 1. The molecule has 1 N–H and O–H groups in total.